The highest BCUT2D eigenvalue weighted by atomic mass is 16.4. The average Bonchev–Trinajstić information content (AvgIpc) is 2.67. The van der Waals surface area contributed by atoms with Crippen molar-refractivity contribution in [3.8, 4) is 0 Å². The van der Waals surface area contributed by atoms with E-state index in [1.807, 2.05) is 0 Å². The Morgan fingerprint density at radius 2 is 2.12 bits per heavy atom. The van der Waals surface area contributed by atoms with Crippen LogP contribution in [0.4, 0.5) is 0 Å². The highest BCUT2D eigenvalue weighted by molar-refractivity contribution is 5.76. The van der Waals surface area contributed by atoms with Crippen LogP contribution in [0.1, 0.15) is 25.5 Å². The Morgan fingerprint density at radius 1 is 1.44 bits per heavy atom. The van der Waals surface area contributed by atoms with Crippen LogP contribution in [0.3, 0.4) is 0 Å². The average molecular weight is 226 g/mol. The Kier molecular flexibility index (Phi) is 3.71. The zero-order chi connectivity index (χ0) is 12.2. The molecule has 0 saturated heterocycles. The number of carbonyl (C=O) groups is 2. The van der Waals surface area contributed by atoms with Gasteiger partial charge in [-0.2, -0.15) is 0 Å². The molecule has 2 N–H and O–H groups in total. The Bertz CT molecular complexity index is 368. The van der Waals surface area contributed by atoms with E-state index < -0.39 is 17.4 Å². The minimum atomic E-state index is -1.10. The summed E-state index contributed by atoms with van der Waals surface area (Å²) in [5.41, 5.74) is -1.10. The number of rotatable bonds is 6. The second-order valence-electron chi connectivity index (χ2n) is 4.02. The summed E-state index contributed by atoms with van der Waals surface area (Å²) in [7, 11) is 0. The molecule has 1 aromatic rings. The summed E-state index contributed by atoms with van der Waals surface area (Å²) in [6.45, 7) is 1.53. The van der Waals surface area contributed by atoms with Crippen molar-refractivity contribution >= 4 is 11.9 Å². The van der Waals surface area contributed by atoms with E-state index in [1.54, 1.807) is 12.1 Å². The summed E-state index contributed by atoms with van der Waals surface area (Å²) in [4.78, 5) is 21.6. The summed E-state index contributed by atoms with van der Waals surface area (Å²) in [6.07, 6.45) is 1.58. The molecule has 16 heavy (non-hydrogen) atoms. The summed E-state index contributed by atoms with van der Waals surface area (Å²) in [5, 5.41) is 17.7. The molecular formula is C11H14O5. The number of carboxylic acid groups (broad SMARTS) is 2. The van der Waals surface area contributed by atoms with E-state index in [-0.39, 0.29) is 19.3 Å². The first kappa shape index (κ1) is 12.3. The molecule has 0 radical (unpaired) electrons. The normalized spacial score (nSPS) is 14.3. The molecule has 5 heteroatoms. The molecular weight excluding hydrogens is 212 g/mol. The Balaban J connectivity index is 2.72. The second-order valence-corrected chi connectivity index (χ2v) is 4.02. The smallest absolute Gasteiger partial charge is 0.309 e. The van der Waals surface area contributed by atoms with Crippen molar-refractivity contribution in [1.29, 1.82) is 0 Å². The molecule has 1 heterocycles. The quantitative estimate of drug-likeness (QED) is 0.771. The van der Waals surface area contributed by atoms with E-state index in [4.69, 9.17) is 14.6 Å². The third-order valence-corrected chi connectivity index (χ3v) is 2.55. The van der Waals surface area contributed by atoms with Gasteiger partial charge in [-0.3, -0.25) is 9.59 Å². The Hall–Kier alpha value is -1.78. The van der Waals surface area contributed by atoms with Crippen molar-refractivity contribution in [2.24, 2.45) is 5.41 Å². The van der Waals surface area contributed by atoms with Crippen molar-refractivity contribution in [2.75, 3.05) is 0 Å². The molecule has 0 aliphatic heterocycles. The van der Waals surface area contributed by atoms with Crippen molar-refractivity contribution < 1.29 is 24.2 Å². The highest BCUT2D eigenvalue weighted by Crippen LogP contribution is 2.28. The van der Waals surface area contributed by atoms with Crippen molar-refractivity contribution in [3.05, 3.63) is 24.2 Å². The maximum absolute atomic E-state index is 11.1. The van der Waals surface area contributed by atoms with Gasteiger partial charge in [0.15, 0.2) is 0 Å². The van der Waals surface area contributed by atoms with Crippen molar-refractivity contribution in [3.63, 3.8) is 0 Å². The van der Waals surface area contributed by atoms with E-state index in [9.17, 15) is 9.59 Å². The van der Waals surface area contributed by atoms with E-state index in [0.717, 1.165) is 0 Å². The fraction of sp³-hybridized carbons (Fsp3) is 0.455. The fourth-order valence-electron chi connectivity index (χ4n) is 1.45. The zero-order valence-corrected chi connectivity index (χ0v) is 8.97. The van der Waals surface area contributed by atoms with Crippen LogP contribution in [0.5, 0.6) is 0 Å². The second kappa shape index (κ2) is 4.83. The molecule has 0 fully saturated rings. The molecule has 0 amide bonds. The van der Waals surface area contributed by atoms with E-state index >= 15 is 0 Å². The first-order valence-corrected chi connectivity index (χ1v) is 4.91. The Labute approximate surface area is 92.7 Å². The van der Waals surface area contributed by atoms with Gasteiger partial charge in [0.05, 0.1) is 11.7 Å². The summed E-state index contributed by atoms with van der Waals surface area (Å²) in [5.74, 6) is -1.45. The molecule has 0 aliphatic carbocycles. The van der Waals surface area contributed by atoms with E-state index in [2.05, 4.69) is 0 Å². The largest absolute Gasteiger partial charge is 0.481 e. The van der Waals surface area contributed by atoms with Gasteiger partial charge in [0, 0.05) is 12.8 Å². The zero-order valence-electron chi connectivity index (χ0n) is 8.97. The lowest BCUT2D eigenvalue weighted by molar-refractivity contribution is -0.149. The van der Waals surface area contributed by atoms with Crippen LogP contribution in [0.25, 0.3) is 0 Å². The number of furan rings is 1. The lowest BCUT2D eigenvalue weighted by Gasteiger charge is -2.22. The predicted molar refractivity (Wildman–Crippen MR) is 55.0 cm³/mol. The minimum absolute atomic E-state index is 0.0817. The van der Waals surface area contributed by atoms with Gasteiger partial charge in [0.2, 0.25) is 0 Å². The van der Waals surface area contributed by atoms with E-state index in [1.165, 1.54) is 13.2 Å². The molecule has 1 atom stereocenters. The molecule has 1 rings (SSSR count). The molecule has 88 valence electrons. The van der Waals surface area contributed by atoms with Gasteiger partial charge in [0.25, 0.3) is 0 Å². The van der Waals surface area contributed by atoms with E-state index in [0.29, 0.717) is 5.76 Å². The van der Waals surface area contributed by atoms with Crippen LogP contribution in [-0.2, 0) is 16.0 Å². The first-order valence-electron chi connectivity index (χ1n) is 4.91. The maximum Gasteiger partial charge on any atom is 0.309 e. The van der Waals surface area contributed by atoms with Crippen LogP contribution in [0, 0.1) is 5.41 Å². The number of hydrogen-bond acceptors (Lipinski definition) is 3. The van der Waals surface area contributed by atoms with Crippen LogP contribution in [-0.4, -0.2) is 22.2 Å². The molecule has 0 saturated carbocycles. The molecule has 0 aliphatic rings. The molecule has 0 aromatic carbocycles. The number of hydrogen-bond donors (Lipinski definition) is 2. The lowest BCUT2D eigenvalue weighted by atomic mass is 9.81. The SMILES string of the molecule is CC(CCC(=O)O)(Cc1ccco1)C(=O)O. The van der Waals surface area contributed by atoms with Gasteiger partial charge in [-0.1, -0.05) is 0 Å². The molecule has 1 unspecified atom stereocenters. The topological polar surface area (TPSA) is 87.7 Å². The number of carboxylic acids is 2. The predicted octanol–water partition coefficient (Wildman–Crippen LogP) is 1.78. The third-order valence-electron chi connectivity index (χ3n) is 2.55. The van der Waals surface area contributed by atoms with Crippen molar-refractivity contribution in [2.45, 2.75) is 26.2 Å². The molecule has 0 bridgehead atoms. The Morgan fingerprint density at radius 3 is 2.56 bits per heavy atom. The van der Waals surface area contributed by atoms with Crippen LogP contribution in [0.2, 0.25) is 0 Å². The number of aliphatic carboxylic acids is 2. The summed E-state index contributed by atoms with van der Waals surface area (Å²) < 4.78 is 5.08. The lowest BCUT2D eigenvalue weighted by Crippen LogP contribution is -2.30. The van der Waals surface area contributed by atoms with Gasteiger partial charge >= 0.3 is 11.9 Å². The molecule has 5 nitrogen and oxygen atoms in total. The standard InChI is InChI=1S/C11H14O5/c1-11(10(14)15,5-4-9(12)13)7-8-3-2-6-16-8/h2-3,6H,4-5,7H2,1H3,(H,12,13)(H,14,15). The van der Waals surface area contributed by atoms with Gasteiger partial charge in [0.1, 0.15) is 5.76 Å². The highest BCUT2D eigenvalue weighted by Gasteiger charge is 2.34. The molecule has 0 spiro atoms. The van der Waals surface area contributed by atoms with Gasteiger partial charge in [-0.05, 0) is 25.5 Å². The van der Waals surface area contributed by atoms with Crippen LogP contribution < -0.4 is 0 Å². The minimum Gasteiger partial charge on any atom is -0.481 e. The van der Waals surface area contributed by atoms with Crippen LogP contribution >= 0.6 is 0 Å². The van der Waals surface area contributed by atoms with Crippen LogP contribution in [0.15, 0.2) is 22.8 Å². The fourth-order valence-corrected chi connectivity index (χ4v) is 1.45. The monoisotopic (exact) mass is 226 g/mol. The van der Waals surface area contributed by atoms with Gasteiger partial charge < -0.3 is 14.6 Å². The van der Waals surface area contributed by atoms with Gasteiger partial charge in [-0.15, -0.1) is 0 Å². The summed E-state index contributed by atoms with van der Waals surface area (Å²) in [6, 6.07) is 3.36. The van der Waals surface area contributed by atoms with Crippen molar-refractivity contribution in [1.82, 2.24) is 0 Å². The third kappa shape index (κ3) is 3.12. The first-order chi connectivity index (χ1) is 7.44. The summed E-state index contributed by atoms with van der Waals surface area (Å²) >= 11 is 0. The van der Waals surface area contributed by atoms with Gasteiger partial charge in [-0.25, -0.2) is 0 Å². The molecule has 1 aromatic heterocycles. The maximum atomic E-state index is 11.1.